The maximum Gasteiger partial charge on any atom is 0.253 e. The quantitative estimate of drug-likeness (QED) is 0.888. The van der Waals surface area contributed by atoms with Crippen molar-refractivity contribution in [1.82, 2.24) is 10.2 Å². The topological polar surface area (TPSA) is 49.4 Å². The van der Waals surface area contributed by atoms with Crippen molar-refractivity contribution in [1.29, 1.82) is 0 Å². The molecule has 142 valence electrons. The Morgan fingerprint density at radius 1 is 0.923 bits per heavy atom. The summed E-state index contributed by atoms with van der Waals surface area (Å²) >= 11 is 0. The molecular weight excluding hydrogens is 331 g/mol. The lowest BCUT2D eigenvalue weighted by molar-refractivity contribution is -0.127. The largest absolute Gasteiger partial charge is 0.353 e. The highest BCUT2D eigenvalue weighted by molar-refractivity contribution is 5.94. The Kier molecular flexibility index (Phi) is 6.64. The van der Waals surface area contributed by atoms with E-state index in [9.17, 15) is 14.0 Å². The van der Waals surface area contributed by atoms with Crippen molar-refractivity contribution in [3.8, 4) is 0 Å². The summed E-state index contributed by atoms with van der Waals surface area (Å²) in [7, 11) is 0. The van der Waals surface area contributed by atoms with Crippen LogP contribution in [0, 0.1) is 11.7 Å². The fraction of sp³-hybridized carbons (Fsp3) is 0.619. The second-order valence-electron chi connectivity index (χ2n) is 7.65. The van der Waals surface area contributed by atoms with Gasteiger partial charge in [-0.2, -0.15) is 0 Å². The Morgan fingerprint density at radius 3 is 2.27 bits per heavy atom. The minimum Gasteiger partial charge on any atom is -0.353 e. The van der Waals surface area contributed by atoms with E-state index >= 15 is 0 Å². The molecular formula is C21H29FN2O2. The van der Waals surface area contributed by atoms with Gasteiger partial charge >= 0.3 is 0 Å². The molecule has 2 amide bonds. The molecule has 1 aliphatic carbocycles. The summed E-state index contributed by atoms with van der Waals surface area (Å²) in [6.45, 7) is 1.11. The van der Waals surface area contributed by atoms with Crippen LogP contribution in [-0.2, 0) is 4.79 Å². The van der Waals surface area contributed by atoms with Gasteiger partial charge in [0.2, 0.25) is 5.91 Å². The van der Waals surface area contributed by atoms with Crippen molar-refractivity contribution in [3.63, 3.8) is 0 Å². The lowest BCUT2D eigenvalue weighted by Gasteiger charge is -2.33. The molecule has 2 aliphatic rings. The summed E-state index contributed by atoms with van der Waals surface area (Å²) in [5.41, 5.74) is 0.479. The zero-order valence-electron chi connectivity index (χ0n) is 15.4. The third kappa shape index (κ3) is 5.05. The smallest absolute Gasteiger partial charge is 0.253 e. The first-order chi connectivity index (χ1) is 12.6. The zero-order valence-corrected chi connectivity index (χ0v) is 15.4. The molecule has 0 radical (unpaired) electrons. The van der Waals surface area contributed by atoms with Crippen molar-refractivity contribution in [2.45, 2.75) is 63.8 Å². The van der Waals surface area contributed by atoms with Crippen molar-refractivity contribution >= 4 is 11.8 Å². The maximum atomic E-state index is 13.1. The number of halogens is 1. The molecule has 1 N–H and O–H groups in total. The van der Waals surface area contributed by atoms with Crippen molar-refractivity contribution in [2.24, 2.45) is 5.92 Å². The second kappa shape index (κ2) is 9.15. The van der Waals surface area contributed by atoms with Crippen molar-refractivity contribution in [2.75, 3.05) is 13.1 Å². The average Bonchev–Trinajstić information content (AvgIpc) is 2.64. The normalized spacial score (nSPS) is 22.3. The van der Waals surface area contributed by atoms with E-state index in [4.69, 9.17) is 0 Å². The number of carbonyl (C=O) groups excluding carboxylic acids is 2. The van der Waals surface area contributed by atoms with Gasteiger partial charge in [-0.3, -0.25) is 9.59 Å². The zero-order chi connectivity index (χ0) is 18.4. The molecule has 0 unspecified atom stereocenters. The monoisotopic (exact) mass is 360 g/mol. The number of hydrogen-bond donors (Lipinski definition) is 1. The number of rotatable bonds is 3. The summed E-state index contributed by atoms with van der Waals surface area (Å²) < 4.78 is 13.1. The average molecular weight is 360 g/mol. The van der Waals surface area contributed by atoms with Gasteiger partial charge in [0.25, 0.3) is 5.91 Å². The Morgan fingerprint density at radius 2 is 1.58 bits per heavy atom. The van der Waals surface area contributed by atoms with Gasteiger partial charge in [0.1, 0.15) is 5.82 Å². The highest BCUT2D eigenvalue weighted by Crippen LogP contribution is 2.21. The standard InChI is InChI=1S/C21H29FN2O2/c22-18-12-10-16(11-13-18)21(26)24-14-6-7-17(15-24)20(25)23-19-8-4-2-1-3-5-9-19/h10-13,17,19H,1-9,14-15H2,(H,23,25)/t17-/m1/s1. The predicted molar refractivity (Wildman–Crippen MR) is 99.3 cm³/mol. The minimum atomic E-state index is -0.350. The molecule has 1 saturated heterocycles. The summed E-state index contributed by atoms with van der Waals surface area (Å²) in [6.07, 6.45) is 9.99. The van der Waals surface area contributed by atoms with Crippen LogP contribution in [0.5, 0.6) is 0 Å². The van der Waals surface area contributed by atoms with Gasteiger partial charge in [-0.1, -0.05) is 32.1 Å². The van der Waals surface area contributed by atoms with Crippen molar-refractivity contribution < 1.29 is 14.0 Å². The lowest BCUT2D eigenvalue weighted by Crippen LogP contribution is -2.47. The van der Waals surface area contributed by atoms with E-state index in [-0.39, 0.29) is 29.6 Å². The van der Waals surface area contributed by atoms with Gasteiger partial charge in [-0.25, -0.2) is 4.39 Å². The van der Waals surface area contributed by atoms with E-state index in [0.29, 0.717) is 18.7 Å². The Bertz CT molecular complexity index is 609. The first-order valence-corrected chi connectivity index (χ1v) is 9.99. The number of nitrogens with one attached hydrogen (secondary N) is 1. The Labute approximate surface area is 155 Å². The third-order valence-electron chi connectivity index (χ3n) is 5.62. The van der Waals surface area contributed by atoms with Crippen LogP contribution in [0.15, 0.2) is 24.3 Å². The Balaban J connectivity index is 1.55. The van der Waals surface area contributed by atoms with Gasteiger partial charge in [-0.05, 0) is 49.9 Å². The van der Waals surface area contributed by atoms with Crippen LogP contribution in [0.25, 0.3) is 0 Å². The number of nitrogens with zero attached hydrogens (tertiary/aromatic N) is 1. The number of likely N-dealkylation sites (tertiary alicyclic amines) is 1. The van der Waals surface area contributed by atoms with E-state index in [0.717, 1.165) is 25.7 Å². The molecule has 1 aliphatic heterocycles. The molecule has 4 nitrogen and oxygen atoms in total. The molecule has 1 aromatic rings. The first-order valence-electron chi connectivity index (χ1n) is 9.99. The second-order valence-corrected chi connectivity index (χ2v) is 7.65. The van der Waals surface area contributed by atoms with E-state index in [1.54, 1.807) is 4.90 Å². The SMILES string of the molecule is O=C(NC1CCCCCCC1)[C@@H]1CCCN(C(=O)c2ccc(F)cc2)C1. The predicted octanol–water partition coefficient (Wildman–Crippen LogP) is 3.91. The summed E-state index contributed by atoms with van der Waals surface area (Å²) in [5.74, 6) is -0.518. The molecule has 3 rings (SSSR count). The van der Waals surface area contributed by atoms with Crippen LogP contribution in [-0.4, -0.2) is 35.8 Å². The van der Waals surface area contributed by atoms with Crippen LogP contribution >= 0.6 is 0 Å². The van der Waals surface area contributed by atoms with E-state index in [1.165, 1.54) is 56.4 Å². The number of benzene rings is 1. The number of amides is 2. The first kappa shape index (κ1) is 18.9. The molecule has 2 fully saturated rings. The van der Waals surface area contributed by atoms with E-state index in [2.05, 4.69) is 5.32 Å². The van der Waals surface area contributed by atoms with Gasteiger partial charge in [0.15, 0.2) is 0 Å². The molecule has 0 aromatic heterocycles. The molecule has 1 atom stereocenters. The molecule has 0 spiro atoms. The Hall–Kier alpha value is -1.91. The third-order valence-corrected chi connectivity index (χ3v) is 5.62. The van der Waals surface area contributed by atoms with E-state index in [1.807, 2.05) is 0 Å². The van der Waals surface area contributed by atoms with Gasteiger partial charge in [-0.15, -0.1) is 0 Å². The summed E-state index contributed by atoms with van der Waals surface area (Å²) in [6, 6.07) is 5.91. The highest BCUT2D eigenvalue weighted by atomic mass is 19.1. The maximum absolute atomic E-state index is 13.1. The van der Waals surface area contributed by atoms with Gasteiger partial charge in [0.05, 0.1) is 5.92 Å². The fourth-order valence-corrected chi connectivity index (χ4v) is 4.07. The van der Waals surface area contributed by atoms with Crippen LogP contribution in [0.3, 0.4) is 0 Å². The molecule has 1 heterocycles. The number of carbonyl (C=O) groups is 2. The molecule has 26 heavy (non-hydrogen) atoms. The van der Waals surface area contributed by atoms with Gasteiger partial charge in [0, 0.05) is 24.7 Å². The molecule has 1 aromatic carbocycles. The summed E-state index contributed by atoms with van der Waals surface area (Å²) in [4.78, 5) is 27.1. The molecule has 0 bridgehead atoms. The molecule has 1 saturated carbocycles. The van der Waals surface area contributed by atoms with Crippen LogP contribution in [0.4, 0.5) is 4.39 Å². The number of hydrogen-bond acceptors (Lipinski definition) is 2. The highest BCUT2D eigenvalue weighted by Gasteiger charge is 2.30. The van der Waals surface area contributed by atoms with Crippen LogP contribution in [0.1, 0.15) is 68.1 Å². The van der Waals surface area contributed by atoms with E-state index < -0.39 is 0 Å². The van der Waals surface area contributed by atoms with Crippen LogP contribution in [0.2, 0.25) is 0 Å². The summed E-state index contributed by atoms with van der Waals surface area (Å²) in [5, 5.41) is 3.24. The van der Waals surface area contributed by atoms with Gasteiger partial charge < -0.3 is 10.2 Å². The minimum absolute atomic E-state index is 0.0900. The molecule has 5 heteroatoms. The van der Waals surface area contributed by atoms with Crippen molar-refractivity contribution in [3.05, 3.63) is 35.6 Å². The van der Waals surface area contributed by atoms with Crippen LogP contribution < -0.4 is 5.32 Å². The number of piperidine rings is 1. The lowest BCUT2D eigenvalue weighted by atomic mass is 9.93. The fourth-order valence-electron chi connectivity index (χ4n) is 4.07.